The topological polar surface area (TPSA) is 88.5 Å². The molecule has 0 aliphatic rings. The Morgan fingerprint density at radius 1 is 1.00 bits per heavy atom. The van der Waals surface area contributed by atoms with E-state index in [2.05, 4.69) is 21.5 Å². The number of nitriles is 1. The van der Waals surface area contributed by atoms with Crippen LogP contribution in [0.2, 0.25) is 0 Å². The third-order valence-corrected chi connectivity index (χ3v) is 4.91. The monoisotopic (exact) mass is 398 g/mol. The second kappa shape index (κ2) is 7.84. The molecule has 2 aromatic heterocycles. The molecule has 150 valence electrons. The van der Waals surface area contributed by atoms with Gasteiger partial charge in [0.25, 0.3) is 5.56 Å². The third kappa shape index (κ3) is 3.33. The molecule has 2 heterocycles. The molecule has 0 radical (unpaired) electrons. The molecule has 0 aliphatic heterocycles. The van der Waals surface area contributed by atoms with Gasteiger partial charge in [-0.25, -0.2) is 14.2 Å². The van der Waals surface area contributed by atoms with Crippen LogP contribution in [-0.2, 0) is 0 Å². The van der Waals surface area contributed by atoms with Crippen molar-refractivity contribution in [1.29, 1.82) is 5.26 Å². The Morgan fingerprint density at radius 3 is 2.17 bits per heavy atom. The lowest BCUT2D eigenvalue weighted by Gasteiger charge is -2.14. The zero-order chi connectivity index (χ0) is 21.3. The molecule has 0 fully saturated rings. The van der Waals surface area contributed by atoms with Crippen molar-refractivity contribution in [1.82, 2.24) is 19.3 Å². The summed E-state index contributed by atoms with van der Waals surface area (Å²) in [5, 5.41) is 17.2. The molecular formula is C23H22N6O. The first kappa shape index (κ1) is 19.4. The van der Waals surface area contributed by atoms with Crippen LogP contribution in [-0.4, -0.2) is 25.9 Å². The molecule has 1 N–H and O–H groups in total. The Bertz CT molecular complexity index is 1310. The van der Waals surface area contributed by atoms with Crippen molar-refractivity contribution in [3.63, 3.8) is 0 Å². The Morgan fingerprint density at radius 2 is 1.60 bits per heavy atom. The lowest BCUT2D eigenvalue weighted by molar-refractivity contribution is 0.873. The fourth-order valence-corrected chi connectivity index (χ4v) is 3.30. The molecule has 30 heavy (non-hydrogen) atoms. The summed E-state index contributed by atoms with van der Waals surface area (Å²) in [7, 11) is 0. The maximum absolute atomic E-state index is 13.7. The van der Waals surface area contributed by atoms with E-state index in [0.29, 0.717) is 29.4 Å². The van der Waals surface area contributed by atoms with E-state index in [-0.39, 0.29) is 16.8 Å². The summed E-state index contributed by atoms with van der Waals surface area (Å²) in [6, 6.07) is 17.4. The molecule has 0 aliphatic carbocycles. The summed E-state index contributed by atoms with van der Waals surface area (Å²) >= 11 is 0. The summed E-state index contributed by atoms with van der Waals surface area (Å²) < 4.78 is 3.06. The van der Waals surface area contributed by atoms with E-state index in [9.17, 15) is 10.1 Å². The highest BCUT2D eigenvalue weighted by Gasteiger charge is 2.21. The number of hydrogen-bond donors (Lipinski definition) is 1. The Balaban J connectivity index is 2.06. The van der Waals surface area contributed by atoms with Crippen molar-refractivity contribution in [2.24, 2.45) is 0 Å². The molecule has 0 bridgehead atoms. The lowest BCUT2D eigenvalue weighted by atomic mass is 10.2. The predicted molar refractivity (Wildman–Crippen MR) is 117 cm³/mol. The van der Waals surface area contributed by atoms with Gasteiger partial charge in [-0.2, -0.15) is 10.4 Å². The highest BCUT2D eigenvalue weighted by atomic mass is 16.1. The molecule has 0 atom stereocenters. The molecule has 0 saturated heterocycles. The van der Waals surface area contributed by atoms with Gasteiger partial charge >= 0.3 is 0 Å². The second-order valence-electron chi connectivity index (χ2n) is 7.24. The largest absolute Gasteiger partial charge is 0.355 e. The Hall–Kier alpha value is -3.92. The molecule has 0 spiro atoms. The van der Waals surface area contributed by atoms with Crippen LogP contribution in [0.4, 0.5) is 5.95 Å². The van der Waals surface area contributed by atoms with Crippen LogP contribution in [0.1, 0.15) is 30.2 Å². The molecule has 0 amide bonds. The van der Waals surface area contributed by atoms with Crippen molar-refractivity contribution in [3.05, 3.63) is 75.7 Å². The summed E-state index contributed by atoms with van der Waals surface area (Å²) in [5.41, 5.74) is 4.01. The molecular weight excluding hydrogens is 376 g/mol. The molecule has 7 heteroatoms. The SMILES string of the molecule is CCCNc1nc2c(C#N)nn(-c3ccc(C)cc3)c2c(=O)n1-c1ccc(C)cc1. The van der Waals surface area contributed by atoms with E-state index in [1.165, 1.54) is 4.68 Å². The number of nitrogens with one attached hydrogen (secondary N) is 1. The number of aromatic nitrogens is 4. The van der Waals surface area contributed by atoms with E-state index in [4.69, 9.17) is 0 Å². The van der Waals surface area contributed by atoms with Crippen LogP contribution in [0.3, 0.4) is 0 Å². The van der Waals surface area contributed by atoms with Gasteiger partial charge in [0.15, 0.2) is 11.2 Å². The van der Waals surface area contributed by atoms with Crippen molar-refractivity contribution in [3.8, 4) is 17.4 Å². The van der Waals surface area contributed by atoms with E-state index < -0.39 is 0 Å². The predicted octanol–water partition coefficient (Wildman–Crippen LogP) is 3.88. The zero-order valence-electron chi connectivity index (χ0n) is 17.2. The maximum atomic E-state index is 13.7. The normalized spacial score (nSPS) is 10.9. The van der Waals surface area contributed by atoms with Gasteiger partial charge in [0, 0.05) is 6.54 Å². The molecule has 4 aromatic rings. The van der Waals surface area contributed by atoms with E-state index in [0.717, 1.165) is 17.5 Å². The quantitative estimate of drug-likeness (QED) is 0.551. The van der Waals surface area contributed by atoms with Crippen LogP contribution in [0.5, 0.6) is 0 Å². The second-order valence-corrected chi connectivity index (χ2v) is 7.24. The lowest BCUT2D eigenvalue weighted by Crippen LogP contribution is -2.25. The van der Waals surface area contributed by atoms with Crippen LogP contribution in [0.15, 0.2) is 53.3 Å². The maximum Gasteiger partial charge on any atom is 0.286 e. The van der Waals surface area contributed by atoms with Crippen LogP contribution >= 0.6 is 0 Å². The summed E-state index contributed by atoms with van der Waals surface area (Å²) in [6.07, 6.45) is 0.871. The van der Waals surface area contributed by atoms with Crippen LogP contribution in [0.25, 0.3) is 22.4 Å². The summed E-state index contributed by atoms with van der Waals surface area (Å²) in [5.74, 6) is 0.401. The Labute approximate surface area is 174 Å². The van der Waals surface area contributed by atoms with Gasteiger partial charge in [-0.05, 0) is 44.5 Å². The van der Waals surface area contributed by atoms with Gasteiger partial charge in [-0.15, -0.1) is 0 Å². The van der Waals surface area contributed by atoms with Crippen molar-refractivity contribution in [2.75, 3.05) is 11.9 Å². The molecule has 4 rings (SSSR count). The van der Waals surface area contributed by atoms with E-state index in [1.54, 1.807) is 4.57 Å². The number of aryl methyl sites for hydroxylation is 2. The minimum atomic E-state index is -0.281. The molecule has 0 saturated carbocycles. The van der Waals surface area contributed by atoms with Gasteiger partial charge in [0.1, 0.15) is 11.6 Å². The number of nitrogens with zero attached hydrogens (tertiary/aromatic N) is 5. The zero-order valence-corrected chi connectivity index (χ0v) is 17.2. The number of anilines is 1. The number of benzene rings is 2. The van der Waals surface area contributed by atoms with Gasteiger partial charge in [0.2, 0.25) is 5.95 Å². The van der Waals surface area contributed by atoms with Gasteiger partial charge in [-0.3, -0.25) is 4.79 Å². The summed E-state index contributed by atoms with van der Waals surface area (Å²) in [6.45, 7) is 6.67. The first-order valence-electron chi connectivity index (χ1n) is 9.87. The van der Waals surface area contributed by atoms with Gasteiger partial charge in [0.05, 0.1) is 11.4 Å². The summed E-state index contributed by atoms with van der Waals surface area (Å²) in [4.78, 5) is 18.4. The highest BCUT2D eigenvalue weighted by Crippen LogP contribution is 2.22. The first-order valence-corrected chi connectivity index (χ1v) is 9.87. The van der Waals surface area contributed by atoms with Crippen molar-refractivity contribution < 1.29 is 0 Å². The average molecular weight is 398 g/mol. The fourth-order valence-electron chi connectivity index (χ4n) is 3.30. The van der Waals surface area contributed by atoms with Gasteiger partial charge < -0.3 is 5.32 Å². The fraction of sp³-hybridized carbons (Fsp3) is 0.217. The average Bonchev–Trinajstić information content (AvgIpc) is 3.12. The van der Waals surface area contributed by atoms with Crippen molar-refractivity contribution in [2.45, 2.75) is 27.2 Å². The van der Waals surface area contributed by atoms with Crippen LogP contribution < -0.4 is 10.9 Å². The van der Waals surface area contributed by atoms with Crippen molar-refractivity contribution >= 4 is 17.0 Å². The molecule has 7 nitrogen and oxygen atoms in total. The first-order chi connectivity index (χ1) is 14.5. The standard InChI is InChI=1S/C23H22N6O/c1-4-13-25-23-26-20-19(14-24)27-29(18-11-7-16(3)8-12-18)21(20)22(30)28(23)17-9-5-15(2)6-10-17/h5-12H,4,13H2,1-3H3,(H,25,26). The number of hydrogen-bond acceptors (Lipinski definition) is 5. The number of fused-ring (bicyclic) bond motifs is 1. The third-order valence-electron chi connectivity index (χ3n) is 4.91. The highest BCUT2D eigenvalue weighted by molar-refractivity contribution is 5.82. The minimum absolute atomic E-state index is 0.123. The minimum Gasteiger partial charge on any atom is -0.355 e. The Kier molecular flexibility index (Phi) is 5.07. The van der Waals surface area contributed by atoms with E-state index in [1.807, 2.05) is 69.3 Å². The smallest absolute Gasteiger partial charge is 0.286 e. The molecule has 2 aromatic carbocycles. The molecule has 0 unspecified atom stereocenters. The van der Waals surface area contributed by atoms with Crippen LogP contribution in [0, 0.1) is 25.2 Å². The van der Waals surface area contributed by atoms with Gasteiger partial charge in [-0.1, -0.05) is 42.3 Å². The number of rotatable bonds is 5. The van der Waals surface area contributed by atoms with E-state index >= 15 is 0 Å².